The maximum atomic E-state index is 12.6. The largest absolute Gasteiger partial charge is 0.425 e. The lowest BCUT2D eigenvalue weighted by molar-refractivity contribution is -0.134. The van der Waals surface area contributed by atoms with Gasteiger partial charge in [-0.25, -0.2) is 0 Å². The van der Waals surface area contributed by atoms with Gasteiger partial charge in [0.15, 0.2) is 0 Å². The average Bonchev–Trinajstić information content (AvgIpc) is 2.96. The molecule has 0 saturated carbocycles. The van der Waals surface area contributed by atoms with Gasteiger partial charge in [-0.2, -0.15) is 13.2 Å². The van der Waals surface area contributed by atoms with Crippen molar-refractivity contribution in [1.29, 1.82) is 0 Å². The molecule has 2 atom stereocenters. The van der Waals surface area contributed by atoms with Gasteiger partial charge in [0.05, 0.1) is 0 Å². The van der Waals surface area contributed by atoms with Crippen LogP contribution in [0.3, 0.4) is 0 Å². The highest BCUT2D eigenvalue weighted by atomic mass is 32.1. The van der Waals surface area contributed by atoms with Crippen molar-refractivity contribution in [3.8, 4) is 0 Å². The highest BCUT2D eigenvalue weighted by Gasteiger charge is 2.36. The van der Waals surface area contributed by atoms with Crippen LogP contribution in [-0.4, -0.2) is 30.1 Å². The van der Waals surface area contributed by atoms with Gasteiger partial charge in [0.2, 0.25) is 0 Å². The second-order valence-corrected chi connectivity index (χ2v) is 7.11. The fourth-order valence-corrected chi connectivity index (χ4v) is 4.32. The van der Waals surface area contributed by atoms with Crippen molar-refractivity contribution >= 4 is 11.3 Å². The molecule has 2 aliphatic rings. The first-order chi connectivity index (χ1) is 9.41. The topological polar surface area (TPSA) is 15.3 Å². The summed E-state index contributed by atoms with van der Waals surface area (Å²) in [4.78, 5) is 2.52. The van der Waals surface area contributed by atoms with Gasteiger partial charge in [0.25, 0.3) is 0 Å². The normalized spacial score (nSPS) is 30.1. The Morgan fingerprint density at radius 2 is 1.90 bits per heavy atom. The van der Waals surface area contributed by atoms with E-state index < -0.39 is 11.1 Å². The van der Waals surface area contributed by atoms with Gasteiger partial charge in [-0.1, -0.05) is 0 Å². The van der Waals surface area contributed by atoms with Crippen molar-refractivity contribution in [2.24, 2.45) is 0 Å². The summed E-state index contributed by atoms with van der Waals surface area (Å²) in [7, 11) is 2.03. The summed E-state index contributed by atoms with van der Waals surface area (Å²) in [5.74, 6) is 0. The molecule has 20 heavy (non-hydrogen) atoms. The van der Waals surface area contributed by atoms with Crippen LogP contribution in [0.2, 0.25) is 0 Å². The molecule has 3 rings (SSSR count). The molecule has 1 aromatic heterocycles. The quantitative estimate of drug-likeness (QED) is 0.919. The number of alkyl halides is 3. The van der Waals surface area contributed by atoms with E-state index in [2.05, 4.69) is 10.2 Å². The minimum Gasteiger partial charge on any atom is -0.311 e. The monoisotopic (exact) mass is 304 g/mol. The maximum absolute atomic E-state index is 12.6. The lowest BCUT2D eigenvalue weighted by atomic mass is 9.98. The highest BCUT2D eigenvalue weighted by Crippen LogP contribution is 2.36. The molecule has 2 unspecified atom stereocenters. The van der Waals surface area contributed by atoms with Crippen molar-refractivity contribution in [2.45, 2.75) is 56.5 Å². The van der Waals surface area contributed by atoms with E-state index in [1.165, 1.54) is 18.9 Å². The Morgan fingerprint density at radius 1 is 1.25 bits per heavy atom. The Hall–Kier alpha value is -0.590. The molecule has 2 bridgehead atoms. The fraction of sp³-hybridized carbons (Fsp3) is 0.714. The molecule has 6 heteroatoms. The zero-order valence-electron chi connectivity index (χ0n) is 11.4. The zero-order chi connectivity index (χ0) is 14.3. The zero-order valence-corrected chi connectivity index (χ0v) is 12.2. The third-order valence-electron chi connectivity index (χ3n) is 4.42. The van der Waals surface area contributed by atoms with Gasteiger partial charge in [0, 0.05) is 29.5 Å². The Kier molecular flexibility index (Phi) is 3.81. The van der Waals surface area contributed by atoms with E-state index in [0.717, 1.165) is 29.1 Å². The van der Waals surface area contributed by atoms with Crippen molar-refractivity contribution in [3.05, 3.63) is 21.9 Å². The molecule has 1 aromatic rings. The molecule has 2 fully saturated rings. The predicted octanol–water partition coefficient (Wildman–Crippen LogP) is 3.48. The van der Waals surface area contributed by atoms with E-state index in [9.17, 15) is 13.2 Å². The molecule has 112 valence electrons. The summed E-state index contributed by atoms with van der Waals surface area (Å²) in [6, 6.07) is 4.51. The summed E-state index contributed by atoms with van der Waals surface area (Å²) in [6.45, 7) is 0.616. The van der Waals surface area contributed by atoms with Gasteiger partial charge in [0.1, 0.15) is 4.88 Å². The third kappa shape index (κ3) is 3.02. The van der Waals surface area contributed by atoms with Crippen molar-refractivity contribution in [3.63, 3.8) is 0 Å². The number of hydrogen-bond acceptors (Lipinski definition) is 3. The number of nitrogens with one attached hydrogen (secondary N) is 1. The highest BCUT2D eigenvalue weighted by molar-refractivity contribution is 7.12. The van der Waals surface area contributed by atoms with E-state index in [0.29, 0.717) is 24.7 Å². The molecule has 2 aliphatic heterocycles. The summed E-state index contributed by atoms with van der Waals surface area (Å²) in [5, 5.41) is 3.59. The number of fused-ring (bicyclic) bond motifs is 2. The molecule has 2 saturated heterocycles. The average molecular weight is 304 g/mol. The van der Waals surface area contributed by atoms with E-state index in [4.69, 9.17) is 0 Å². The van der Waals surface area contributed by atoms with Crippen LogP contribution < -0.4 is 5.32 Å². The second-order valence-electron chi connectivity index (χ2n) is 5.94. The third-order valence-corrected chi connectivity index (χ3v) is 5.53. The molecule has 1 N–H and O–H groups in total. The van der Waals surface area contributed by atoms with E-state index in [-0.39, 0.29) is 0 Å². The van der Waals surface area contributed by atoms with Gasteiger partial charge < -0.3 is 5.32 Å². The number of rotatable bonds is 3. The SMILES string of the molecule is CN(Cc1ccc(C(F)(F)F)s1)C1CC2CCC(C1)N2. The molecule has 0 aliphatic carbocycles. The molecule has 3 heterocycles. The van der Waals surface area contributed by atoms with Crippen LogP contribution in [0.1, 0.15) is 35.4 Å². The van der Waals surface area contributed by atoms with Gasteiger partial charge >= 0.3 is 6.18 Å². The van der Waals surface area contributed by atoms with Gasteiger partial charge in [-0.05, 0) is 44.9 Å². The van der Waals surface area contributed by atoms with Crippen LogP contribution in [0.15, 0.2) is 12.1 Å². The van der Waals surface area contributed by atoms with Crippen molar-refractivity contribution in [1.82, 2.24) is 10.2 Å². The minimum atomic E-state index is -4.21. The summed E-state index contributed by atoms with van der Waals surface area (Å²) < 4.78 is 37.8. The van der Waals surface area contributed by atoms with Gasteiger partial charge in [-0.3, -0.25) is 4.90 Å². The van der Waals surface area contributed by atoms with E-state index >= 15 is 0 Å². The van der Waals surface area contributed by atoms with Crippen LogP contribution in [0.4, 0.5) is 13.2 Å². The predicted molar refractivity (Wildman–Crippen MR) is 73.8 cm³/mol. The Balaban J connectivity index is 1.61. The first-order valence-electron chi connectivity index (χ1n) is 7.04. The maximum Gasteiger partial charge on any atom is 0.425 e. The number of halogens is 3. The molecule has 0 aromatic carbocycles. The smallest absolute Gasteiger partial charge is 0.311 e. The molecular formula is C14H19F3N2S. The molecule has 2 nitrogen and oxygen atoms in total. The van der Waals surface area contributed by atoms with E-state index in [1.54, 1.807) is 6.07 Å². The summed E-state index contributed by atoms with van der Waals surface area (Å²) in [5.41, 5.74) is 0. The van der Waals surface area contributed by atoms with Gasteiger partial charge in [-0.15, -0.1) is 11.3 Å². The van der Waals surface area contributed by atoms with Crippen LogP contribution in [0.5, 0.6) is 0 Å². The van der Waals surface area contributed by atoms with Crippen LogP contribution in [0, 0.1) is 0 Å². The molecular weight excluding hydrogens is 285 g/mol. The fourth-order valence-electron chi connectivity index (χ4n) is 3.38. The molecule has 0 radical (unpaired) electrons. The second kappa shape index (κ2) is 5.31. The lowest BCUT2D eigenvalue weighted by Gasteiger charge is -2.35. The first kappa shape index (κ1) is 14.4. The number of nitrogens with zero attached hydrogens (tertiary/aromatic N) is 1. The Bertz CT molecular complexity index is 459. The molecule has 0 amide bonds. The van der Waals surface area contributed by atoms with Crippen molar-refractivity contribution < 1.29 is 13.2 Å². The summed E-state index contributed by atoms with van der Waals surface area (Å²) in [6.07, 6.45) is 0.503. The van der Waals surface area contributed by atoms with Crippen LogP contribution in [0.25, 0.3) is 0 Å². The van der Waals surface area contributed by atoms with Crippen LogP contribution >= 0.6 is 11.3 Å². The Morgan fingerprint density at radius 3 is 2.45 bits per heavy atom. The summed E-state index contributed by atoms with van der Waals surface area (Å²) >= 11 is 0.867. The standard InChI is InChI=1S/C14H19F3N2S/c1-19(11-6-9-2-3-10(7-11)18-9)8-12-4-5-13(20-12)14(15,16)17/h4-5,9-11,18H,2-3,6-8H2,1H3. The number of hydrogen-bond donors (Lipinski definition) is 1. The lowest BCUT2D eigenvalue weighted by Crippen LogP contribution is -2.46. The van der Waals surface area contributed by atoms with E-state index in [1.807, 2.05) is 7.05 Å². The number of piperidine rings is 1. The first-order valence-corrected chi connectivity index (χ1v) is 7.85. The molecule has 0 spiro atoms. The Labute approximate surface area is 121 Å². The van der Waals surface area contributed by atoms with Crippen LogP contribution in [-0.2, 0) is 12.7 Å². The van der Waals surface area contributed by atoms with Crippen molar-refractivity contribution in [2.75, 3.05) is 7.05 Å². The number of thiophene rings is 1. The minimum absolute atomic E-state index is 0.491.